The van der Waals surface area contributed by atoms with Crippen LogP contribution in [0.15, 0.2) is 18.2 Å². The monoisotopic (exact) mass is 298 g/mol. The van der Waals surface area contributed by atoms with E-state index in [1.54, 1.807) is 0 Å². The van der Waals surface area contributed by atoms with Gasteiger partial charge in [-0.15, -0.1) is 12.4 Å². The summed E-state index contributed by atoms with van der Waals surface area (Å²) in [7, 11) is 0. The Morgan fingerprint density at radius 1 is 1.30 bits per heavy atom. The summed E-state index contributed by atoms with van der Waals surface area (Å²) in [5.74, 6) is 1.73. The van der Waals surface area contributed by atoms with E-state index in [0.717, 1.165) is 32.0 Å². The summed E-state index contributed by atoms with van der Waals surface area (Å²) < 4.78 is 5.97. The fourth-order valence-corrected chi connectivity index (χ4v) is 2.85. The van der Waals surface area contributed by atoms with Crippen molar-refractivity contribution >= 4 is 12.4 Å². The number of piperidine rings is 1. The first-order valence-electron chi connectivity index (χ1n) is 7.32. The van der Waals surface area contributed by atoms with Gasteiger partial charge in [-0.05, 0) is 56.8 Å². The average Bonchev–Trinajstić information content (AvgIpc) is 2.42. The van der Waals surface area contributed by atoms with E-state index in [2.05, 4.69) is 36.9 Å². The first-order chi connectivity index (χ1) is 9.20. The normalized spacial score (nSPS) is 19.4. The van der Waals surface area contributed by atoms with Gasteiger partial charge in [-0.3, -0.25) is 4.90 Å². The van der Waals surface area contributed by atoms with Crippen molar-refractivity contribution in [1.29, 1.82) is 0 Å². The molecule has 0 saturated carbocycles. The van der Waals surface area contributed by atoms with Crippen LogP contribution in [0.5, 0.6) is 5.75 Å². The molecule has 114 valence electrons. The number of nitrogens with two attached hydrogens (primary N) is 1. The SMILES string of the molecule is Cc1cccc(C)c1OCCN1CCCC(CN)C1.Cl. The van der Waals surface area contributed by atoms with Gasteiger partial charge in [0, 0.05) is 13.1 Å². The molecule has 1 aromatic rings. The molecule has 0 bridgehead atoms. The molecule has 0 aliphatic carbocycles. The van der Waals surface area contributed by atoms with E-state index in [-0.39, 0.29) is 12.4 Å². The number of benzene rings is 1. The van der Waals surface area contributed by atoms with Gasteiger partial charge in [0.25, 0.3) is 0 Å². The van der Waals surface area contributed by atoms with E-state index in [4.69, 9.17) is 10.5 Å². The smallest absolute Gasteiger partial charge is 0.125 e. The molecule has 0 amide bonds. The van der Waals surface area contributed by atoms with Crippen molar-refractivity contribution in [2.75, 3.05) is 32.8 Å². The third-order valence-corrected chi connectivity index (χ3v) is 4.00. The Hall–Kier alpha value is -0.770. The van der Waals surface area contributed by atoms with Gasteiger partial charge in [-0.1, -0.05) is 18.2 Å². The van der Waals surface area contributed by atoms with E-state index < -0.39 is 0 Å². The van der Waals surface area contributed by atoms with E-state index >= 15 is 0 Å². The van der Waals surface area contributed by atoms with E-state index in [0.29, 0.717) is 5.92 Å². The van der Waals surface area contributed by atoms with E-state index in [1.165, 1.54) is 30.5 Å². The quantitative estimate of drug-likeness (QED) is 0.908. The zero-order valence-corrected chi connectivity index (χ0v) is 13.4. The number of halogens is 1. The lowest BCUT2D eigenvalue weighted by molar-refractivity contribution is 0.149. The third kappa shape index (κ3) is 4.65. The van der Waals surface area contributed by atoms with Crippen molar-refractivity contribution in [2.24, 2.45) is 11.7 Å². The van der Waals surface area contributed by atoms with Crippen molar-refractivity contribution in [3.05, 3.63) is 29.3 Å². The lowest BCUT2D eigenvalue weighted by atomic mass is 9.98. The number of nitrogens with zero attached hydrogens (tertiary/aromatic N) is 1. The van der Waals surface area contributed by atoms with Crippen LogP contribution in [-0.4, -0.2) is 37.7 Å². The van der Waals surface area contributed by atoms with Crippen LogP contribution in [0.1, 0.15) is 24.0 Å². The van der Waals surface area contributed by atoms with Gasteiger partial charge >= 0.3 is 0 Å². The lowest BCUT2D eigenvalue weighted by Crippen LogP contribution is -2.40. The molecule has 1 fully saturated rings. The molecule has 1 aromatic carbocycles. The topological polar surface area (TPSA) is 38.5 Å². The van der Waals surface area contributed by atoms with Gasteiger partial charge in [-0.2, -0.15) is 0 Å². The highest BCUT2D eigenvalue weighted by molar-refractivity contribution is 5.85. The molecule has 20 heavy (non-hydrogen) atoms. The number of rotatable bonds is 5. The standard InChI is InChI=1S/C16H26N2O.ClH/c1-13-5-3-6-14(2)16(13)19-10-9-18-8-4-7-15(11-17)12-18;/h3,5-6,15H,4,7-12,17H2,1-2H3;1H. The van der Waals surface area contributed by atoms with Crippen LogP contribution in [0.25, 0.3) is 0 Å². The highest BCUT2D eigenvalue weighted by atomic mass is 35.5. The van der Waals surface area contributed by atoms with Crippen LogP contribution < -0.4 is 10.5 Å². The second kappa shape index (κ2) is 8.50. The van der Waals surface area contributed by atoms with Crippen molar-refractivity contribution in [1.82, 2.24) is 4.90 Å². The minimum atomic E-state index is 0. The predicted molar refractivity (Wildman–Crippen MR) is 86.9 cm³/mol. The number of hydrogen-bond donors (Lipinski definition) is 1. The Morgan fingerprint density at radius 2 is 2.00 bits per heavy atom. The molecule has 1 unspecified atom stereocenters. The van der Waals surface area contributed by atoms with Crippen LogP contribution in [0, 0.1) is 19.8 Å². The van der Waals surface area contributed by atoms with Crippen LogP contribution >= 0.6 is 12.4 Å². The van der Waals surface area contributed by atoms with Gasteiger partial charge in [0.15, 0.2) is 0 Å². The Balaban J connectivity index is 0.00000200. The summed E-state index contributed by atoms with van der Waals surface area (Å²) in [6, 6.07) is 6.29. The molecule has 1 aliphatic rings. The van der Waals surface area contributed by atoms with Crippen molar-refractivity contribution in [2.45, 2.75) is 26.7 Å². The molecule has 0 radical (unpaired) electrons. The third-order valence-electron chi connectivity index (χ3n) is 4.00. The van der Waals surface area contributed by atoms with Gasteiger partial charge in [0.05, 0.1) is 0 Å². The molecular formula is C16H27ClN2O. The molecular weight excluding hydrogens is 272 g/mol. The average molecular weight is 299 g/mol. The second-order valence-electron chi connectivity index (χ2n) is 5.61. The molecule has 2 N–H and O–H groups in total. The van der Waals surface area contributed by atoms with Gasteiger partial charge < -0.3 is 10.5 Å². The Kier molecular flexibility index (Phi) is 7.35. The number of para-hydroxylation sites is 1. The molecule has 2 rings (SSSR count). The van der Waals surface area contributed by atoms with Crippen LogP contribution in [0.3, 0.4) is 0 Å². The zero-order chi connectivity index (χ0) is 13.7. The Labute approximate surface area is 128 Å². The maximum atomic E-state index is 5.97. The minimum Gasteiger partial charge on any atom is -0.492 e. The second-order valence-corrected chi connectivity index (χ2v) is 5.61. The zero-order valence-electron chi connectivity index (χ0n) is 12.6. The van der Waals surface area contributed by atoms with Crippen molar-refractivity contribution in [3.8, 4) is 5.75 Å². The van der Waals surface area contributed by atoms with Crippen molar-refractivity contribution < 1.29 is 4.74 Å². The van der Waals surface area contributed by atoms with Gasteiger partial charge in [0.1, 0.15) is 12.4 Å². The summed E-state index contributed by atoms with van der Waals surface area (Å²) in [5, 5.41) is 0. The molecule has 4 heteroatoms. The largest absolute Gasteiger partial charge is 0.492 e. The number of likely N-dealkylation sites (tertiary alicyclic amines) is 1. The summed E-state index contributed by atoms with van der Waals surface area (Å²) >= 11 is 0. The summed E-state index contributed by atoms with van der Waals surface area (Å²) in [5.41, 5.74) is 8.21. The van der Waals surface area contributed by atoms with Crippen LogP contribution in [0.4, 0.5) is 0 Å². The first kappa shape index (κ1) is 17.3. The molecule has 1 atom stereocenters. The van der Waals surface area contributed by atoms with Crippen LogP contribution in [0.2, 0.25) is 0 Å². The van der Waals surface area contributed by atoms with Crippen LogP contribution in [-0.2, 0) is 0 Å². The molecule has 0 aromatic heterocycles. The molecule has 1 saturated heterocycles. The summed E-state index contributed by atoms with van der Waals surface area (Å²) in [6.07, 6.45) is 2.55. The first-order valence-corrected chi connectivity index (χ1v) is 7.32. The Morgan fingerprint density at radius 3 is 2.65 bits per heavy atom. The van der Waals surface area contributed by atoms with Gasteiger partial charge in [0.2, 0.25) is 0 Å². The highest BCUT2D eigenvalue weighted by Gasteiger charge is 2.18. The Bertz CT molecular complexity index is 391. The molecule has 1 heterocycles. The maximum absolute atomic E-state index is 5.97. The lowest BCUT2D eigenvalue weighted by Gasteiger charge is -2.32. The molecule has 3 nitrogen and oxygen atoms in total. The fraction of sp³-hybridized carbons (Fsp3) is 0.625. The molecule has 0 spiro atoms. The summed E-state index contributed by atoms with van der Waals surface area (Å²) in [6.45, 7) is 9.11. The fourth-order valence-electron chi connectivity index (χ4n) is 2.85. The van der Waals surface area contributed by atoms with E-state index in [9.17, 15) is 0 Å². The maximum Gasteiger partial charge on any atom is 0.125 e. The summed E-state index contributed by atoms with van der Waals surface area (Å²) in [4.78, 5) is 2.48. The number of aryl methyl sites for hydroxylation is 2. The van der Waals surface area contributed by atoms with E-state index in [1.807, 2.05) is 0 Å². The number of ether oxygens (including phenoxy) is 1. The predicted octanol–water partition coefficient (Wildman–Crippen LogP) is 2.77. The highest BCUT2D eigenvalue weighted by Crippen LogP contribution is 2.22. The van der Waals surface area contributed by atoms with Gasteiger partial charge in [-0.25, -0.2) is 0 Å². The van der Waals surface area contributed by atoms with Crippen molar-refractivity contribution in [3.63, 3.8) is 0 Å². The molecule has 1 aliphatic heterocycles. The minimum absolute atomic E-state index is 0. The number of hydrogen-bond acceptors (Lipinski definition) is 3.